The second-order valence-corrected chi connectivity index (χ2v) is 7.98. The van der Waals surface area contributed by atoms with Crippen LogP contribution in [0.25, 0.3) is 11.1 Å². The molecular formula is C25H22F3N3O4. The first-order valence-electron chi connectivity index (χ1n) is 10.9. The molecule has 1 fully saturated rings. The van der Waals surface area contributed by atoms with Crippen LogP contribution in [-0.4, -0.2) is 48.5 Å². The smallest absolute Gasteiger partial charge is 0.416 e. The lowest BCUT2D eigenvalue weighted by molar-refractivity contribution is -0.384. The molecule has 4 rings (SSSR count). The predicted octanol–water partition coefficient (Wildman–Crippen LogP) is 5.01. The van der Waals surface area contributed by atoms with Crippen molar-refractivity contribution in [2.45, 2.75) is 6.18 Å². The summed E-state index contributed by atoms with van der Waals surface area (Å²) in [7, 11) is 0. The van der Waals surface area contributed by atoms with E-state index >= 15 is 0 Å². The van der Waals surface area contributed by atoms with E-state index in [1.54, 1.807) is 15.9 Å². The minimum Gasteiger partial charge on any atom is -0.483 e. The summed E-state index contributed by atoms with van der Waals surface area (Å²) in [6.07, 6.45) is -4.67. The summed E-state index contributed by atoms with van der Waals surface area (Å²) in [5.41, 5.74) is 0.237. The lowest BCUT2D eigenvalue weighted by Gasteiger charge is -2.35. The molecule has 0 aromatic heterocycles. The minimum absolute atomic E-state index is 0.100. The van der Waals surface area contributed by atoms with Gasteiger partial charge in [-0.05, 0) is 23.8 Å². The van der Waals surface area contributed by atoms with Crippen molar-refractivity contribution in [3.8, 4) is 16.9 Å². The van der Waals surface area contributed by atoms with Gasteiger partial charge in [-0.1, -0.05) is 48.5 Å². The van der Waals surface area contributed by atoms with Crippen molar-refractivity contribution in [2.75, 3.05) is 37.7 Å². The standard InChI is InChI=1S/C25H22F3N3O4/c26-25(27,28)19-10-11-21(22(16-19)31(33)34)29-12-14-30(15-13-29)24(32)17-35-23-9-5-4-8-20(23)18-6-2-1-3-7-18/h1-11,16H,12-15,17H2. The summed E-state index contributed by atoms with van der Waals surface area (Å²) in [5.74, 6) is 0.334. The van der Waals surface area contributed by atoms with Gasteiger partial charge in [-0.25, -0.2) is 0 Å². The number of nitrogens with zero attached hydrogens (tertiary/aromatic N) is 3. The van der Waals surface area contributed by atoms with E-state index in [1.165, 1.54) is 0 Å². The van der Waals surface area contributed by atoms with Crippen molar-refractivity contribution in [1.82, 2.24) is 4.90 Å². The fraction of sp³-hybridized carbons (Fsp3) is 0.240. The van der Waals surface area contributed by atoms with Gasteiger partial charge in [0.25, 0.3) is 11.6 Å². The lowest BCUT2D eigenvalue weighted by Crippen LogP contribution is -2.50. The average Bonchev–Trinajstić information content (AvgIpc) is 2.87. The molecule has 0 aliphatic carbocycles. The second-order valence-electron chi connectivity index (χ2n) is 7.98. The number of ether oxygens (including phenoxy) is 1. The maximum Gasteiger partial charge on any atom is 0.416 e. The highest BCUT2D eigenvalue weighted by Gasteiger charge is 2.34. The highest BCUT2D eigenvalue weighted by molar-refractivity contribution is 5.79. The molecule has 1 saturated heterocycles. The van der Waals surface area contributed by atoms with Gasteiger partial charge < -0.3 is 14.5 Å². The van der Waals surface area contributed by atoms with Crippen molar-refractivity contribution >= 4 is 17.3 Å². The molecule has 3 aromatic rings. The molecule has 0 saturated carbocycles. The molecule has 0 radical (unpaired) electrons. The Labute approximate surface area is 199 Å². The number of benzene rings is 3. The van der Waals surface area contributed by atoms with E-state index in [1.807, 2.05) is 48.5 Å². The zero-order valence-electron chi connectivity index (χ0n) is 18.6. The van der Waals surface area contributed by atoms with Crippen LogP contribution in [0.2, 0.25) is 0 Å². The number of hydrogen-bond acceptors (Lipinski definition) is 5. The Morgan fingerprint density at radius 2 is 1.60 bits per heavy atom. The van der Waals surface area contributed by atoms with Crippen LogP contribution < -0.4 is 9.64 Å². The molecular weight excluding hydrogens is 463 g/mol. The summed E-state index contributed by atoms with van der Waals surface area (Å²) >= 11 is 0. The van der Waals surface area contributed by atoms with Crippen LogP contribution >= 0.6 is 0 Å². The third kappa shape index (κ3) is 5.53. The Bertz CT molecular complexity index is 1210. The van der Waals surface area contributed by atoms with E-state index in [4.69, 9.17) is 4.74 Å². The van der Waals surface area contributed by atoms with Gasteiger partial charge in [-0.15, -0.1) is 0 Å². The Kier molecular flexibility index (Phi) is 6.90. The van der Waals surface area contributed by atoms with Crippen molar-refractivity contribution in [1.29, 1.82) is 0 Å². The highest BCUT2D eigenvalue weighted by atomic mass is 19.4. The van der Waals surface area contributed by atoms with Gasteiger partial charge in [0.05, 0.1) is 10.5 Å². The fourth-order valence-electron chi connectivity index (χ4n) is 3.99. The van der Waals surface area contributed by atoms with Crippen molar-refractivity contribution in [3.05, 3.63) is 88.5 Å². The highest BCUT2D eigenvalue weighted by Crippen LogP contribution is 2.37. The zero-order valence-corrected chi connectivity index (χ0v) is 18.6. The summed E-state index contributed by atoms with van der Waals surface area (Å²) in [5, 5.41) is 11.4. The first kappa shape index (κ1) is 24.1. The topological polar surface area (TPSA) is 75.9 Å². The van der Waals surface area contributed by atoms with Crippen LogP contribution in [0.4, 0.5) is 24.5 Å². The lowest BCUT2D eigenvalue weighted by atomic mass is 10.1. The van der Waals surface area contributed by atoms with Crippen LogP contribution in [0.5, 0.6) is 5.75 Å². The number of anilines is 1. The monoisotopic (exact) mass is 485 g/mol. The summed E-state index contributed by atoms with van der Waals surface area (Å²) < 4.78 is 44.7. The van der Waals surface area contributed by atoms with Gasteiger partial charge in [0.15, 0.2) is 6.61 Å². The maximum absolute atomic E-state index is 13.0. The molecule has 35 heavy (non-hydrogen) atoms. The van der Waals surface area contributed by atoms with Crippen LogP contribution in [-0.2, 0) is 11.0 Å². The van der Waals surface area contributed by atoms with Gasteiger partial charge in [0, 0.05) is 37.8 Å². The Balaban J connectivity index is 1.39. The zero-order chi connectivity index (χ0) is 25.0. The van der Waals surface area contributed by atoms with E-state index in [-0.39, 0.29) is 44.4 Å². The van der Waals surface area contributed by atoms with E-state index < -0.39 is 22.4 Å². The Hall–Kier alpha value is -4.08. The van der Waals surface area contributed by atoms with Gasteiger partial charge >= 0.3 is 6.18 Å². The van der Waals surface area contributed by atoms with Crippen LogP contribution in [0.1, 0.15) is 5.56 Å². The molecule has 3 aromatic carbocycles. The molecule has 0 unspecified atom stereocenters. The molecule has 1 aliphatic rings. The Morgan fingerprint density at radius 1 is 0.943 bits per heavy atom. The largest absolute Gasteiger partial charge is 0.483 e. The number of nitro groups is 1. The predicted molar refractivity (Wildman–Crippen MR) is 124 cm³/mol. The molecule has 7 nitrogen and oxygen atoms in total. The van der Waals surface area contributed by atoms with Gasteiger partial charge in [0.1, 0.15) is 11.4 Å². The number of rotatable bonds is 6. The summed E-state index contributed by atoms with van der Waals surface area (Å²) in [4.78, 5) is 26.5. The van der Waals surface area contributed by atoms with Crippen LogP contribution in [0.3, 0.4) is 0 Å². The van der Waals surface area contributed by atoms with E-state index in [0.717, 1.165) is 23.3 Å². The Morgan fingerprint density at radius 3 is 2.26 bits per heavy atom. The van der Waals surface area contributed by atoms with Gasteiger partial charge in [-0.2, -0.15) is 13.2 Å². The third-order valence-electron chi connectivity index (χ3n) is 5.80. The normalized spacial score (nSPS) is 14.0. The van der Waals surface area contributed by atoms with Crippen molar-refractivity contribution < 1.29 is 27.6 Å². The molecule has 0 N–H and O–H groups in total. The number of carbonyl (C=O) groups is 1. The number of para-hydroxylation sites is 1. The fourth-order valence-corrected chi connectivity index (χ4v) is 3.99. The molecule has 10 heteroatoms. The second kappa shape index (κ2) is 10.0. The van der Waals surface area contributed by atoms with Crippen molar-refractivity contribution in [2.24, 2.45) is 0 Å². The van der Waals surface area contributed by atoms with Crippen LogP contribution in [0, 0.1) is 10.1 Å². The minimum atomic E-state index is -4.67. The maximum atomic E-state index is 13.0. The quantitative estimate of drug-likeness (QED) is 0.363. The van der Waals surface area contributed by atoms with Gasteiger partial charge in [0.2, 0.25) is 0 Å². The number of piperazine rings is 1. The average molecular weight is 485 g/mol. The molecule has 1 heterocycles. The first-order valence-corrected chi connectivity index (χ1v) is 10.9. The number of nitro benzene ring substituents is 1. The summed E-state index contributed by atoms with van der Waals surface area (Å²) in [6.45, 7) is 0.850. The number of alkyl halides is 3. The third-order valence-corrected chi connectivity index (χ3v) is 5.80. The molecule has 1 amide bonds. The molecule has 1 aliphatic heterocycles. The van der Waals surface area contributed by atoms with E-state index in [0.29, 0.717) is 11.8 Å². The van der Waals surface area contributed by atoms with Crippen molar-refractivity contribution in [3.63, 3.8) is 0 Å². The molecule has 182 valence electrons. The summed E-state index contributed by atoms with van der Waals surface area (Å²) in [6, 6.07) is 19.5. The number of amides is 1. The number of hydrogen-bond donors (Lipinski definition) is 0. The van der Waals surface area contributed by atoms with E-state index in [9.17, 15) is 28.1 Å². The van der Waals surface area contributed by atoms with Gasteiger partial charge in [-0.3, -0.25) is 14.9 Å². The first-order chi connectivity index (χ1) is 16.7. The number of carbonyl (C=O) groups excluding carboxylic acids is 1. The van der Waals surface area contributed by atoms with Crippen LogP contribution in [0.15, 0.2) is 72.8 Å². The number of halogens is 3. The van der Waals surface area contributed by atoms with E-state index in [2.05, 4.69) is 0 Å². The molecule has 0 bridgehead atoms. The SMILES string of the molecule is O=C(COc1ccccc1-c1ccccc1)N1CCN(c2ccc(C(F)(F)F)cc2[N+](=O)[O-])CC1. The molecule has 0 spiro atoms. The molecule has 0 atom stereocenters.